The maximum absolute atomic E-state index is 3.90. The molecule has 0 amide bonds. The van der Waals surface area contributed by atoms with Gasteiger partial charge in [0.1, 0.15) is 0 Å². The van der Waals surface area contributed by atoms with Crippen LogP contribution in [0, 0.1) is 5.92 Å². The third-order valence-corrected chi connectivity index (χ3v) is 2.10. The molecule has 0 bridgehead atoms. The quantitative estimate of drug-likeness (QED) is 0.541. The average Bonchev–Trinajstić information content (AvgIpc) is 2.35. The van der Waals surface area contributed by atoms with Gasteiger partial charge in [-0.15, -0.1) is 0 Å². The standard InChI is InChI=1S/C12H16/c1-9(2)11(4)8-12-6-5-10(3)7-12/h5-8,10H,1H2,2-4H3/b11-8-. The van der Waals surface area contributed by atoms with Crippen LogP contribution in [0.1, 0.15) is 20.8 Å². The summed E-state index contributed by atoms with van der Waals surface area (Å²) in [4.78, 5) is 0. The Hall–Kier alpha value is -1.04. The molecule has 0 saturated heterocycles. The van der Waals surface area contributed by atoms with Crippen LogP contribution >= 0.6 is 0 Å². The van der Waals surface area contributed by atoms with E-state index < -0.39 is 0 Å². The lowest BCUT2D eigenvalue weighted by Gasteiger charge is -1.98. The molecule has 0 spiro atoms. The lowest BCUT2D eigenvalue weighted by atomic mass is 10.1. The van der Waals surface area contributed by atoms with Crippen LogP contribution in [0.2, 0.25) is 0 Å². The topological polar surface area (TPSA) is 0 Å². The zero-order valence-corrected chi connectivity index (χ0v) is 8.09. The van der Waals surface area contributed by atoms with E-state index >= 15 is 0 Å². The molecule has 0 fully saturated rings. The second-order valence-corrected chi connectivity index (χ2v) is 3.49. The minimum atomic E-state index is 0.592. The minimum Gasteiger partial charge on any atom is -0.0958 e. The molecule has 0 saturated carbocycles. The molecule has 1 aliphatic rings. The molecule has 0 radical (unpaired) electrons. The van der Waals surface area contributed by atoms with Gasteiger partial charge < -0.3 is 0 Å². The van der Waals surface area contributed by atoms with Gasteiger partial charge in [-0.1, -0.05) is 43.4 Å². The van der Waals surface area contributed by atoms with E-state index in [0.717, 1.165) is 5.57 Å². The summed E-state index contributed by atoms with van der Waals surface area (Å²) in [5, 5.41) is 0. The third kappa shape index (κ3) is 2.23. The van der Waals surface area contributed by atoms with Gasteiger partial charge in [-0.05, 0) is 30.9 Å². The first-order chi connectivity index (χ1) is 5.59. The second kappa shape index (κ2) is 3.57. The Balaban J connectivity index is 2.75. The van der Waals surface area contributed by atoms with Gasteiger partial charge in [-0.3, -0.25) is 0 Å². The predicted octanol–water partition coefficient (Wildman–Crippen LogP) is 3.64. The van der Waals surface area contributed by atoms with Crippen molar-refractivity contribution in [2.45, 2.75) is 20.8 Å². The largest absolute Gasteiger partial charge is 0.0958 e. The highest BCUT2D eigenvalue weighted by molar-refractivity contribution is 5.42. The van der Waals surface area contributed by atoms with Crippen molar-refractivity contribution in [3.63, 3.8) is 0 Å². The van der Waals surface area contributed by atoms with Crippen molar-refractivity contribution in [1.82, 2.24) is 0 Å². The van der Waals surface area contributed by atoms with Crippen LogP contribution in [0.3, 0.4) is 0 Å². The molecule has 0 heteroatoms. The van der Waals surface area contributed by atoms with Crippen LogP contribution in [-0.2, 0) is 0 Å². The molecule has 0 aromatic carbocycles. The molecule has 0 aliphatic heterocycles. The molecule has 0 aromatic heterocycles. The van der Waals surface area contributed by atoms with Gasteiger partial charge in [0.2, 0.25) is 0 Å². The molecule has 1 aliphatic carbocycles. The maximum Gasteiger partial charge on any atom is -0.00696 e. The third-order valence-electron chi connectivity index (χ3n) is 2.10. The molecule has 1 atom stereocenters. The van der Waals surface area contributed by atoms with Crippen molar-refractivity contribution < 1.29 is 0 Å². The first kappa shape index (κ1) is 9.05. The highest BCUT2D eigenvalue weighted by atomic mass is 14.1. The Morgan fingerprint density at radius 3 is 2.58 bits per heavy atom. The minimum absolute atomic E-state index is 0.592. The average molecular weight is 160 g/mol. The zero-order chi connectivity index (χ0) is 9.14. The molecular weight excluding hydrogens is 144 g/mol. The fourth-order valence-corrected chi connectivity index (χ4v) is 1.15. The summed E-state index contributed by atoms with van der Waals surface area (Å²) in [6.45, 7) is 10.2. The monoisotopic (exact) mass is 160 g/mol. The van der Waals surface area contributed by atoms with E-state index in [1.165, 1.54) is 11.1 Å². The summed E-state index contributed by atoms with van der Waals surface area (Å²) in [5.41, 5.74) is 3.71. The van der Waals surface area contributed by atoms with Gasteiger partial charge in [0, 0.05) is 0 Å². The molecule has 0 nitrogen and oxygen atoms in total. The molecule has 0 N–H and O–H groups in total. The first-order valence-corrected chi connectivity index (χ1v) is 4.34. The fourth-order valence-electron chi connectivity index (χ4n) is 1.15. The zero-order valence-electron chi connectivity index (χ0n) is 8.09. The molecule has 0 heterocycles. The van der Waals surface area contributed by atoms with Crippen LogP contribution < -0.4 is 0 Å². The number of rotatable bonds is 2. The van der Waals surface area contributed by atoms with Crippen molar-refractivity contribution in [3.8, 4) is 0 Å². The van der Waals surface area contributed by atoms with Crippen LogP contribution in [-0.4, -0.2) is 0 Å². The SMILES string of the molecule is C=C(C)/C(C)=C\C1=CC(C)C=C1. The Labute approximate surface area is 75.0 Å². The predicted molar refractivity (Wildman–Crippen MR) is 55.0 cm³/mol. The molecule has 1 rings (SSSR count). The summed E-state index contributed by atoms with van der Waals surface area (Å²) >= 11 is 0. The van der Waals surface area contributed by atoms with E-state index in [1.54, 1.807) is 0 Å². The summed E-state index contributed by atoms with van der Waals surface area (Å²) < 4.78 is 0. The van der Waals surface area contributed by atoms with E-state index in [2.05, 4.69) is 44.7 Å². The summed E-state index contributed by atoms with van der Waals surface area (Å²) in [6, 6.07) is 0. The number of hydrogen-bond donors (Lipinski definition) is 0. The molecular formula is C12H16. The highest BCUT2D eigenvalue weighted by Gasteiger charge is 2.01. The smallest absolute Gasteiger partial charge is 0.00696 e. The van der Waals surface area contributed by atoms with E-state index in [1.807, 2.05) is 6.92 Å². The maximum atomic E-state index is 3.90. The number of allylic oxidation sites excluding steroid dienone is 7. The molecule has 64 valence electrons. The summed E-state index contributed by atoms with van der Waals surface area (Å²) in [7, 11) is 0. The van der Waals surface area contributed by atoms with Crippen molar-refractivity contribution in [2.24, 2.45) is 5.92 Å². The summed E-state index contributed by atoms with van der Waals surface area (Å²) in [6.07, 6.45) is 8.81. The molecule has 1 unspecified atom stereocenters. The van der Waals surface area contributed by atoms with Gasteiger partial charge in [-0.2, -0.15) is 0 Å². The van der Waals surface area contributed by atoms with Crippen molar-refractivity contribution in [3.05, 3.63) is 47.6 Å². The molecule has 12 heavy (non-hydrogen) atoms. The van der Waals surface area contributed by atoms with Crippen molar-refractivity contribution >= 4 is 0 Å². The van der Waals surface area contributed by atoms with E-state index in [0.29, 0.717) is 5.92 Å². The van der Waals surface area contributed by atoms with E-state index in [-0.39, 0.29) is 0 Å². The Morgan fingerprint density at radius 1 is 1.50 bits per heavy atom. The van der Waals surface area contributed by atoms with Crippen LogP contribution in [0.4, 0.5) is 0 Å². The fraction of sp³-hybridized carbons (Fsp3) is 0.333. The van der Waals surface area contributed by atoms with Crippen molar-refractivity contribution in [2.75, 3.05) is 0 Å². The lowest BCUT2D eigenvalue weighted by molar-refractivity contribution is 0.956. The summed E-state index contributed by atoms with van der Waals surface area (Å²) in [5.74, 6) is 0.592. The Bertz CT molecular complexity index is 274. The normalized spacial score (nSPS) is 22.8. The van der Waals surface area contributed by atoms with Gasteiger partial charge >= 0.3 is 0 Å². The van der Waals surface area contributed by atoms with Gasteiger partial charge in [0.25, 0.3) is 0 Å². The van der Waals surface area contributed by atoms with Crippen LogP contribution in [0.25, 0.3) is 0 Å². The number of hydrogen-bond acceptors (Lipinski definition) is 0. The van der Waals surface area contributed by atoms with Crippen LogP contribution in [0.15, 0.2) is 47.6 Å². The second-order valence-electron chi connectivity index (χ2n) is 3.49. The lowest BCUT2D eigenvalue weighted by Crippen LogP contribution is -1.78. The Morgan fingerprint density at radius 2 is 2.17 bits per heavy atom. The van der Waals surface area contributed by atoms with Gasteiger partial charge in [0.05, 0.1) is 0 Å². The highest BCUT2D eigenvalue weighted by Crippen LogP contribution is 2.18. The first-order valence-electron chi connectivity index (χ1n) is 4.34. The van der Waals surface area contributed by atoms with Gasteiger partial charge in [0.15, 0.2) is 0 Å². The van der Waals surface area contributed by atoms with E-state index in [4.69, 9.17) is 0 Å². The van der Waals surface area contributed by atoms with E-state index in [9.17, 15) is 0 Å². The molecule has 0 aromatic rings. The van der Waals surface area contributed by atoms with Gasteiger partial charge in [-0.25, -0.2) is 0 Å². The van der Waals surface area contributed by atoms with Crippen LogP contribution in [0.5, 0.6) is 0 Å². The van der Waals surface area contributed by atoms with Crippen molar-refractivity contribution in [1.29, 1.82) is 0 Å². The Kier molecular flexibility index (Phi) is 2.69.